The van der Waals surface area contributed by atoms with E-state index >= 15 is 0 Å². The molecule has 2 aromatic heterocycles. The van der Waals surface area contributed by atoms with E-state index in [1.807, 2.05) is 37.3 Å². The van der Waals surface area contributed by atoms with Crippen LogP contribution in [0.1, 0.15) is 11.4 Å². The number of hydrogen-bond acceptors (Lipinski definition) is 7. The summed E-state index contributed by atoms with van der Waals surface area (Å²) in [5.74, 6) is 1.69. The molecule has 0 bridgehead atoms. The molecule has 136 valence electrons. The maximum absolute atomic E-state index is 12.4. The van der Waals surface area contributed by atoms with Crippen molar-refractivity contribution in [2.45, 2.75) is 24.6 Å². The molecule has 8 nitrogen and oxygen atoms in total. The summed E-state index contributed by atoms with van der Waals surface area (Å²) in [6.45, 7) is 2.27. The van der Waals surface area contributed by atoms with E-state index in [0.717, 1.165) is 11.3 Å². The Hall–Kier alpha value is -3.20. The van der Waals surface area contributed by atoms with E-state index in [4.69, 9.17) is 4.74 Å². The molecule has 0 aliphatic rings. The Morgan fingerprint density at radius 1 is 1.15 bits per heavy atom. The highest BCUT2D eigenvalue weighted by Crippen LogP contribution is 2.18. The number of nitrogens with one attached hydrogen (secondary N) is 1. The fourth-order valence-electron chi connectivity index (χ4n) is 2.50. The van der Waals surface area contributed by atoms with Gasteiger partial charge in [0.25, 0.3) is 5.56 Å². The lowest BCUT2D eigenvalue weighted by Crippen LogP contribution is -2.23. The van der Waals surface area contributed by atoms with E-state index in [-0.39, 0.29) is 18.0 Å². The van der Waals surface area contributed by atoms with Crippen LogP contribution in [0.3, 0.4) is 0 Å². The Morgan fingerprint density at radius 3 is 2.85 bits per heavy atom. The van der Waals surface area contributed by atoms with E-state index < -0.39 is 0 Å². The van der Waals surface area contributed by atoms with Gasteiger partial charge in [-0.05, 0) is 30.7 Å². The molecule has 0 fully saturated rings. The summed E-state index contributed by atoms with van der Waals surface area (Å²) < 4.78 is 7.04. The van der Waals surface area contributed by atoms with E-state index in [0.29, 0.717) is 21.9 Å². The predicted octanol–water partition coefficient (Wildman–Crippen LogP) is 2.55. The van der Waals surface area contributed by atoms with Gasteiger partial charge < -0.3 is 4.74 Å². The Balaban J connectivity index is 1.41. The van der Waals surface area contributed by atoms with Crippen LogP contribution < -0.4 is 10.3 Å². The Kier molecular flexibility index (Phi) is 4.84. The average Bonchev–Trinajstić information content (AvgIpc) is 3.15. The number of H-pyrrole nitrogens is 1. The quantitative estimate of drug-likeness (QED) is 0.513. The maximum atomic E-state index is 12.4. The number of rotatable bonds is 6. The Morgan fingerprint density at radius 2 is 1.96 bits per heavy atom. The van der Waals surface area contributed by atoms with Gasteiger partial charge in [0.15, 0.2) is 5.82 Å². The highest BCUT2D eigenvalue weighted by Gasteiger charge is 2.09. The number of aryl methyl sites for hydroxylation is 1. The molecular formula is C18H16N6O2S. The van der Waals surface area contributed by atoms with Crippen LogP contribution >= 0.6 is 11.8 Å². The standard InChI is InChI=1S/C18H16N6O2S/c1-12-6-2-5-9-15(12)26-10-16-19-18(22-21-16)27-11-24-17(25)13-7-3-4-8-14(13)20-23-24/h2-9H,10-11H2,1H3,(H,19,21,22). The third-order valence-electron chi connectivity index (χ3n) is 3.91. The molecule has 0 amide bonds. The second kappa shape index (κ2) is 7.58. The molecule has 0 spiro atoms. The molecule has 0 saturated carbocycles. The summed E-state index contributed by atoms with van der Waals surface area (Å²) in [7, 11) is 0. The van der Waals surface area contributed by atoms with Crippen LogP contribution in [0.2, 0.25) is 0 Å². The van der Waals surface area contributed by atoms with Crippen LogP contribution in [0.4, 0.5) is 0 Å². The van der Waals surface area contributed by atoms with Gasteiger partial charge in [-0.3, -0.25) is 9.89 Å². The van der Waals surface area contributed by atoms with Crippen molar-refractivity contribution in [3.63, 3.8) is 0 Å². The van der Waals surface area contributed by atoms with Crippen molar-refractivity contribution in [2.24, 2.45) is 0 Å². The molecule has 0 aliphatic carbocycles. The summed E-state index contributed by atoms with van der Waals surface area (Å²) in [4.78, 5) is 16.8. The van der Waals surface area contributed by atoms with Crippen LogP contribution in [-0.4, -0.2) is 30.2 Å². The molecule has 0 saturated heterocycles. The van der Waals surface area contributed by atoms with E-state index in [1.54, 1.807) is 18.2 Å². The number of para-hydroxylation sites is 1. The van der Waals surface area contributed by atoms with Gasteiger partial charge in [-0.15, -0.1) is 10.2 Å². The van der Waals surface area contributed by atoms with Gasteiger partial charge in [0.2, 0.25) is 5.16 Å². The second-order valence-electron chi connectivity index (χ2n) is 5.80. The van der Waals surface area contributed by atoms with Crippen LogP contribution in [-0.2, 0) is 12.5 Å². The van der Waals surface area contributed by atoms with Crippen molar-refractivity contribution in [1.82, 2.24) is 30.2 Å². The van der Waals surface area contributed by atoms with Crippen molar-refractivity contribution in [3.05, 3.63) is 70.3 Å². The summed E-state index contributed by atoms with van der Waals surface area (Å²) >= 11 is 1.29. The Labute approximate surface area is 158 Å². The largest absolute Gasteiger partial charge is 0.485 e. The van der Waals surface area contributed by atoms with Crippen molar-refractivity contribution in [3.8, 4) is 5.75 Å². The molecule has 4 rings (SSSR count). The van der Waals surface area contributed by atoms with E-state index in [9.17, 15) is 4.79 Å². The van der Waals surface area contributed by atoms with E-state index in [1.165, 1.54) is 16.4 Å². The highest BCUT2D eigenvalue weighted by molar-refractivity contribution is 7.98. The molecule has 0 unspecified atom stereocenters. The molecule has 1 N–H and O–H groups in total. The lowest BCUT2D eigenvalue weighted by Gasteiger charge is -2.06. The topological polar surface area (TPSA) is 98.6 Å². The smallest absolute Gasteiger partial charge is 0.278 e. The minimum atomic E-state index is -0.188. The van der Waals surface area contributed by atoms with Crippen molar-refractivity contribution >= 4 is 22.7 Å². The van der Waals surface area contributed by atoms with E-state index in [2.05, 4.69) is 25.5 Å². The first-order valence-corrected chi connectivity index (χ1v) is 9.24. The summed E-state index contributed by atoms with van der Waals surface area (Å²) in [6.07, 6.45) is 0. The van der Waals surface area contributed by atoms with Gasteiger partial charge in [0.1, 0.15) is 17.9 Å². The van der Waals surface area contributed by atoms with Crippen molar-refractivity contribution in [1.29, 1.82) is 0 Å². The minimum Gasteiger partial charge on any atom is -0.485 e. The normalized spacial score (nSPS) is 11.0. The fraction of sp³-hybridized carbons (Fsp3) is 0.167. The lowest BCUT2D eigenvalue weighted by atomic mass is 10.2. The van der Waals surface area contributed by atoms with Crippen LogP contribution in [0.15, 0.2) is 58.5 Å². The third-order valence-corrected chi connectivity index (χ3v) is 4.73. The van der Waals surface area contributed by atoms with Gasteiger partial charge in [0, 0.05) is 0 Å². The summed E-state index contributed by atoms with van der Waals surface area (Å²) in [5, 5.41) is 16.1. The summed E-state index contributed by atoms with van der Waals surface area (Å²) in [6, 6.07) is 14.9. The third kappa shape index (κ3) is 3.82. The second-order valence-corrected chi connectivity index (χ2v) is 6.72. The van der Waals surface area contributed by atoms with Gasteiger partial charge in [-0.2, -0.15) is 4.68 Å². The first-order valence-electron chi connectivity index (χ1n) is 8.26. The molecule has 2 aromatic carbocycles. The average molecular weight is 380 g/mol. The first kappa shape index (κ1) is 17.2. The van der Waals surface area contributed by atoms with Gasteiger partial charge in [-0.1, -0.05) is 47.3 Å². The zero-order valence-electron chi connectivity index (χ0n) is 14.5. The number of aromatic amines is 1. The first-order chi connectivity index (χ1) is 13.2. The number of thioether (sulfide) groups is 1. The van der Waals surface area contributed by atoms with Crippen LogP contribution in [0.25, 0.3) is 10.9 Å². The number of fused-ring (bicyclic) bond motifs is 1. The molecular weight excluding hydrogens is 364 g/mol. The van der Waals surface area contributed by atoms with Gasteiger partial charge in [0.05, 0.1) is 11.3 Å². The highest BCUT2D eigenvalue weighted by atomic mass is 32.2. The molecule has 0 radical (unpaired) electrons. The fourth-order valence-corrected chi connectivity index (χ4v) is 3.19. The van der Waals surface area contributed by atoms with Gasteiger partial charge >= 0.3 is 0 Å². The molecule has 9 heteroatoms. The SMILES string of the molecule is Cc1ccccc1OCc1nc(SCn2nnc3ccccc3c2=O)n[nH]1. The van der Waals surface area contributed by atoms with Crippen LogP contribution in [0, 0.1) is 6.92 Å². The monoisotopic (exact) mass is 380 g/mol. The number of ether oxygens (including phenoxy) is 1. The zero-order valence-corrected chi connectivity index (χ0v) is 15.3. The number of nitrogens with zero attached hydrogens (tertiary/aromatic N) is 5. The predicted molar refractivity (Wildman–Crippen MR) is 102 cm³/mol. The number of aromatic nitrogens is 6. The zero-order chi connectivity index (χ0) is 18.6. The summed E-state index contributed by atoms with van der Waals surface area (Å²) in [5.41, 5.74) is 1.45. The van der Waals surface area contributed by atoms with Crippen molar-refractivity contribution in [2.75, 3.05) is 0 Å². The molecule has 2 heterocycles. The van der Waals surface area contributed by atoms with Crippen LogP contribution in [0.5, 0.6) is 5.75 Å². The van der Waals surface area contributed by atoms with Crippen molar-refractivity contribution < 1.29 is 4.74 Å². The maximum Gasteiger partial charge on any atom is 0.278 e. The number of benzene rings is 2. The molecule has 27 heavy (non-hydrogen) atoms. The van der Waals surface area contributed by atoms with Gasteiger partial charge in [-0.25, -0.2) is 4.98 Å². The molecule has 4 aromatic rings. The molecule has 0 aliphatic heterocycles. The molecule has 0 atom stereocenters. The number of hydrogen-bond donors (Lipinski definition) is 1. The minimum absolute atomic E-state index is 0.188. The Bertz CT molecular complexity index is 1140. The lowest BCUT2D eigenvalue weighted by molar-refractivity contribution is 0.294.